The van der Waals surface area contributed by atoms with Gasteiger partial charge in [-0.3, -0.25) is 9.59 Å². The van der Waals surface area contributed by atoms with Gasteiger partial charge in [0.25, 0.3) is 0 Å². The zero-order chi connectivity index (χ0) is 29.0. The van der Waals surface area contributed by atoms with E-state index < -0.39 is 5.60 Å². The second kappa shape index (κ2) is 12.2. The average Bonchev–Trinajstić information content (AvgIpc) is 3.46. The normalized spacial score (nSPS) is 18.1. The molecule has 1 atom stereocenters. The van der Waals surface area contributed by atoms with Crippen LogP contribution in [0.5, 0.6) is 0 Å². The van der Waals surface area contributed by atoms with Gasteiger partial charge in [0, 0.05) is 43.3 Å². The van der Waals surface area contributed by atoms with Crippen molar-refractivity contribution in [2.24, 2.45) is 5.92 Å². The van der Waals surface area contributed by atoms with Crippen molar-refractivity contribution in [2.45, 2.75) is 45.3 Å². The number of benzene rings is 1. The summed E-state index contributed by atoms with van der Waals surface area (Å²) in [6.45, 7) is 8.38. The number of amides is 2. The number of anilines is 1. The molecule has 0 aliphatic carbocycles. The summed E-state index contributed by atoms with van der Waals surface area (Å²) in [4.78, 5) is 47.8. The number of piperidine rings is 1. The number of hydrogen-bond donors (Lipinski definition) is 2. The second-order valence-corrected chi connectivity index (χ2v) is 11.2. The first-order valence-electron chi connectivity index (χ1n) is 13.8. The van der Waals surface area contributed by atoms with Gasteiger partial charge in [-0.05, 0) is 63.9 Å². The smallest absolute Gasteiger partial charge is 0.410 e. The predicted molar refractivity (Wildman–Crippen MR) is 151 cm³/mol. The van der Waals surface area contributed by atoms with E-state index in [9.17, 15) is 14.4 Å². The Hall–Kier alpha value is -4.09. The zero-order valence-electron chi connectivity index (χ0n) is 23.5. The monoisotopic (exact) mass is 561 g/mol. The van der Waals surface area contributed by atoms with E-state index >= 15 is 0 Å². The molecular weight excluding hydrogens is 526 g/mol. The highest BCUT2D eigenvalue weighted by molar-refractivity contribution is 5.93. The Kier molecular flexibility index (Phi) is 8.46. The summed E-state index contributed by atoms with van der Waals surface area (Å²) in [5, 5.41) is 6.33. The molecule has 1 aromatic carbocycles. The minimum Gasteiger partial charge on any atom is -0.452 e. The molecule has 4 heterocycles. The number of nitrogens with one attached hydrogen (secondary N) is 2. The first-order chi connectivity index (χ1) is 19.7. The molecule has 41 heavy (non-hydrogen) atoms. The van der Waals surface area contributed by atoms with Gasteiger partial charge in [0.2, 0.25) is 5.91 Å². The van der Waals surface area contributed by atoms with Gasteiger partial charge in [-0.15, -0.1) is 0 Å². The lowest BCUT2D eigenvalue weighted by Gasteiger charge is -2.32. The Bertz CT molecular complexity index is 1400. The van der Waals surface area contributed by atoms with Crippen molar-refractivity contribution < 1.29 is 28.3 Å². The van der Waals surface area contributed by atoms with E-state index in [1.54, 1.807) is 17.0 Å². The Balaban J connectivity index is 1.32. The van der Waals surface area contributed by atoms with Crippen LogP contribution in [0.4, 0.5) is 10.5 Å². The lowest BCUT2D eigenvalue weighted by atomic mass is 9.96. The second-order valence-electron chi connectivity index (χ2n) is 11.2. The minimum atomic E-state index is -0.558. The summed E-state index contributed by atoms with van der Waals surface area (Å²) in [5.74, 6) is 0.782. The van der Waals surface area contributed by atoms with Crippen molar-refractivity contribution in [1.82, 2.24) is 20.2 Å². The van der Waals surface area contributed by atoms with Gasteiger partial charge < -0.3 is 29.4 Å². The SMILES string of the molecule is CC(C)(C)OC(=O)N1CCC(C(=O)Nc2cccc(-c3nc(-c4ccc(C=O)o4)cc(C4CNCCO4)n3)c2)CC1. The minimum absolute atomic E-state index is 0.0972. The maximum absolute atomic E-state index is 13.1. The number of carbonyl (C=O) groups excluding carboxylic acids is 3. The van der Waals surface area contributed by atoms with Crippen LogP contribution in [0, 0.1) is 5.92 Å². The maximum atomic E-state index is 13.1. The van der Waals surface area contributed by atoms with Crippen LogP contribution in [-0.4, -0.2) is 71.5 Å². The summed E-state index contributed by atoms with van der Waals surface area (Å²) < 4.78 is 17.0. The molecule has 216 valence electrons. The largest absolute Gasteiger partial charge is 0.452 e. The highest BCUT2D eigenvalue weighted by Gasteiger charge is 2.30. The summed E-state index contributed by atoms with van der Waals surface area (Å²) in [7, 11) is 0. The summed E-state index contributed by atoms with van der Waals surface area (Å²) in [5.41, 5.74) is 1.98. The molecular formula is C30H35N5O6. The van der Waals surface area contributed by atoms with Crippen LogP contribution >= 0.6 is 0 Å². The molecule has 2 fully saturated rings. The molecule has 11 heteroatoms. The van der Waals surface area contributed by atoms with E-state index in [2.05, 4.69) is 10.6 Å². The fourth-order valence-corrected chi connectivity index (χ4v) is 4.83. The average molecular weight is 562 g/mol. The molecule has 0 radical (unpaired) electrons. The van der Waals surface area contributed by atoms with E-state index in [1.807, 2.05) is 51.1 Å². The van der Waals surface area contributed by atoms with E-state index in [0.29, 0.717) is 79.6 Å². The number of hydrogen-bond acceptors (Lipinski definition) is 9. The van der Waals surface area contributed by atoms with Crippen molar-refractivity contribution in [2.75, 3.05) is 38.1 Å². The fourth-order valence-electron chi connectivity index (χ4n) is 4.83. The van der Waals surface area contributed by atoms with Crippen LogP contribution in [-0.2, 0) is 14.3 Å². The highest BCUT2D eigenvalue weighted by Crippen LogP contribution is 2.29. The standard InChI is InChI=1S/C30H35N5O6/c1-30(2,3)41-29(38)35-12-9-19(10-13-35)28(37)32-21-6-4-5-20(15-21)27-33-23(25-8-7-22(18-36)40-25)16-24(34-27)26-17-31-11-14-39-26/h4-8,15-16,18-19,26,31H,9-14,17H2,1-3H3,(H,32,37). The van der Waals surface area contributed by atoms with Crippen molar-refractivity contribution in [3.8, 4) is 22.8 Å². The third kappa shape index (κ3) is 7.17. The molecule has 1 unspecified atom stereocenters. The Morgan fingerprint density at radius 3 is 2.61 bits per heavy atom. The molecule has 11 nitrogen and oxygen atoms in total. The number of rotatable bonds is 6. The first-order valence-corrected chi connectivity index (χ1v) is 13.8. The molecule has 0 bridgehead atoms. The third-order valence-electron chi connectivity index (χ3n) is 6.90. The Morgan fingerprint density at radius 2 is 1.93 bits per heavy atom. The topological polar surface area (TPSA) is 136 Å². The summed E-state index contributed by atoms with van der Waals surface area (Å²) >= 11 is 0. The zero-order valence-corrected chi connectivity index (χ0v) is 23.5. The summed E-state index contributed by atoms with van der Waals surface area (Å²) in [6.07, 6.45) is 1.14. The predicted octanol–water partition coefficient (Wildman–Crippen LogP) is 4.46. The summed E-state index contributed by atoms with van der Waals surface area (Å²) in [6, 6.07) is 12.5. The molecule has 2 aliphatic heterocycles. The Labute approximate surface area is 238 Å². The van der Waals surface area contributed by atoms with Crippen molar-refractivity contribution >= 4 is 24.0 Å². The number of nitrogens with zero attached hydrogens (tertiary/aromatic N) is 3. The van der Waals surface area contributed by atoms with E-state index in [1.165, 1.54) is 0 Å². The van der Waals surface area contributed by atoms with Crippen LogP contribution in [0.2, 0.25) is 0 Å². The van der Waals surface area contributed by atoms with Crippen molar-refractivity contribution in [3.05, 3.63) is 53.9 Å². The van der Waals surface area contributed by atoms with Crippen molar-refractivity contribution in [3.63, 3.8) is 0 Å². The maximum Gasteiger partial charge on any atom is 0.410 e. The van der Waals surface area contributed by atoms with Crippen LogP contribution in [0.1, 0.15) is 56.0 Å². The van der Waals surface area contributed by atoms with Crippen LogP contribution < -0.4 is 10.6 Å². The number of aromatic nitrogens is 2. The quantitative estimate of drug-likeness (QED) is 0.418. The molecule has 5 rings (SSSR count). The van der Waals surface area contributed by atoms with Gasteiger partial charge in [0.15, 0.2) is 23.6 Å². The molecule has 2 amide bonds. The lowest BCUT2D eigenvalue weighted by Crippen LogP contribution is -2.43. The molecule has 2 aliphatic rings. The number of furan rings is 1. The van der Waals surface area contributed by atoms with E-state index in [4.69, 9.17) is 23.9 Å². The van der Waals surface area contributed by atoms with Crippen LogP contribution in [0.25, 0.3) is 22.8 Å². The molecule has 2 N–H and O–H groups in total. The molecule has 2 saturated heterocycles. The fraction of sp³-hybridized carbons (Fsp3) is 0.433. The van der Waals surface area contributed by atoms with E-state index in [0.717, 1.165) is 6.54 Å². The number of ether oxygens (including phenoxy) is 2. The van der Waals surface area contributed by atoms with Gasteiger partial charge in [0.1, 0.15) is 17.4 Å². The van der Waals surface area contributed by atoms with Crippen LogP contribution in [0.15, 0.2) is 46.9 Å². The van der Waals surface area contributed by atoms with Gasteiger partial charge in [-0.2, -0.15) is 0 Å². The van der Waals surface area contributed by atoms with Crippen molar-refractivity contribution in [1.29, 1.82) is 0 Å². The number of likely N-dealkylation sites (tertiary alicyclic amines) is 1. The molecule has 0 spiro atoms. The molecule has 2 aromatic heterocycles. The van der Waals surface area contributed by atoms with Gasteiger partial charge >= 0.3 is 6.09 Å². The Morgan fingerprint density at radius 1 is 1.12 bits per heavy atom. The van der Waals surface area contributed by atoms with Gasteiger partial charge in [-0.25, -0.2) is 14.8 Å². The molecule has 0 saturated carbocycles. The number of carbonyl (C=O) groups is 3. The van der Waals surface area contributed by atoms with Gasteiger partial charge in [-0.1, -0.05) is 12.1 Å². The number of morpholine rings is 1. The third-order valence-corrected chi connectivity index (χ3v) is 6.90. The molecule has 3 aromatic rings. The lowest BCUT2D eigenvalue weighted by molar-refractivity contribution is -0.121. The van der Waals surface area contributed by atoms with Crippen LogP contribution in [0.3, 0.4) is 0 Å². The van der Waals surface area contributed by atoms with Gasteiger partial charge in [0.05, 0.1) is 12.3 Å². The van der Waals surface area contributed by atoms with E-state index in [-0.39, 0.29) is 29.8 Å². The first kappa shape index (κ1) is 28.4. The highest BCUT2D eigenvalue weighted by atomic mass is 16.6. The number of aldehydes is 1.